The first-order valence-corrected chi connectivity index (χ1v) is 5.77. The number of epoxide rings is 1. The Kier molecular flexibility index (Phi) is 2.16. The Morgan fingerprint density at radius 1 is 1.40 bits per heavy atom. The molecule has 2 saturated heterocycles. The Labute approximate surface area is 87.3 Å². The molecule has 2 nitrogen and oxygen atoms in total. The molecular formula is C6H8I2O2. The van der Waals surface area contributed by atoms with Gasteiger partial charge >= 0.3 is 0 Å². The fourth-order valence-electron chi connectivity index (χ4n) is 1.20. The van der Waals surface area contributed by atoms with Crippen LogP contribution in [0.15, 0.2) is 0 Å². The van der Waals surface area contributed by atoms with Crippen molar-refractivity contribution in [1.82, 2.24) is 0 Å². The number of hydrogen-bond donors (Lipinski definition) is 0. The zero-order valence-corrected chi connectivity index (χ0v) is 9.66. The second-order valence-corrected chi connectivity index (χ2v) is 5.30. The van der Waals surface area contributed by atoms with E-state index in [1.807, 2.05) is 0 Å². The maximum Gasteiger partial charge on any atom is 0.123 e. The molecule has 0 N–H and O–H groups in total. The molecule has 3 unspecified atom stereocenters. The lowest BCUT2D eigenvalue weighted by molar-refractivity contribution is 0.0484. The molecule has 2 fully saturated rings. The predicted octanol–water partition coefficient (Wildman–Crippen LogP) is 1.74. The molecule has 0 radical (unpaired) electrons. The average Bonchev–Trinajstić information content (AvgIpc) is 2.65. The molecule has 3 atom stereocenters. The molecule has 2 rings (SSSR count). The van der Waals surface area contributed by atoms with Crippen LogP contribution in [0.5, 0.6) is 0 Å². The van der Waals surface area contributed by atoms with Crippen molar-refractivity contribution in [3.63, 3.8) is 0 Å². The second kappa shape index (κ2) is 2.70. The van der Waals surface area contributed by atoms with Crippen LogP contribution in [0.4, 0.5) is 0 Å². The minimum absolute atomic E-state index is 0.213. The smallest absolute Gasteiger partial charge is 0.123 e. The Bertz CT molecular complexity index is 147. The molecule has 1 spiro atoms. The normalized spacial score (nSPS) is 53.4. The Morgan fingerprint density at radius 3 is 2.60 bits per heavy atom. The first-order valence-electron chi connectivity index (χ1n) is 3.28. The van der Waals surface area contributed by atoms with Crippen LogP contribution in [0.3, 0.4) is 0 Å². The number of rotatable bonds is 0. The van der Waals surface area contributed by atoms with E-state index in [4.69, 9.17) is 9.47 Å². The molecule has 0 aromatic rings. The topological polar surface area (TPSA) is 21.8 Å². The first-order chi connectivity index (χ1) is 4.75. The predicted molar refractivity (Wildman–Crippen MR) is 54.9 cm³/mol. The summed E-state index contributed by atoms with van der Waals surface area (Å²) in [5, 5.41) is 0. The van der Waals surface area contributed by atoms with Gasteiger partial charge in [0, 0.05) is 6.42 Å². The van der Waals surface area contributed by atoms with Crippen molar-refractivity contribution in [2.24, 2.45) is 0 Å². The SMILES string of the molecule is IC1OCCC2(CO2)C1I. The molecule has 0 aromatic heterocycles. The van der Waals surface area contributed by atoms with Gasteiger partial charge in [-0.25, -0.2) is 0 Å². The molecule has 0 bridgehead atoms. The highest BCUT2D eigenvalue weighted by molar-refractivity contribution is 14.1. The van der Waals surface area contributed by atoms with Gasteiger partial charge in [-0.2, -0.15) is 0 Å². The van der Waals surface area contributed by atoms with Crippen molar-refractivity contribution < 1.29 is 9.47 Å². The van der Waals surface area contributed by atoms with E-state index in [2.05, 4.69) is 45.2 Å². The summed E-state index contributed by atoms with van der Waals surface area (Å²) in [6, 6.07) is 0. The van der Waals surface area contributed by atoms with E-state index >= 15 is 0 Å². The lowest BCUT2D eigenvalue weighted by Gasteiger charge is -2.29. The van der Waals surface area contributed by atoms with Crippen molar-refractivity contribution in [1.29, 1.82) is 0 Å². The van der Waals surface area contributed by atoms with Crippen LogP contribution in [0.1, 0.15) is 6.42 Å². The Balaban J connectivity index is 2.07. The van der Waals surface area contributed by atoms with Gasteiger partial charge < -0.3 is 9.47 Å². The van der Waals surface area contributed by atoms with E-state index < -0.39 is 0 Å². The van der Waals surface area contributed by atoms with Gasteiger partial charge in [-0.1, -0.05) is 22.6 Å². The summed E-state index contributed by atoms with van der Waals surface area (Å²) in [5.74, 6) is 0. The molecule has 0 aliphatic carbocycles. The van der Waals surface area contributed by atoms with Crippen molar-refractivity contribution in [3.05, 3.63) is 0 Å². The number of hydrogen-bond acceptors (Lipinski definition) is 2. The van der Waals surface area contributed by atoms with E-state index in [0.29, 0.717) is 8.04 Å². The highest BCUT2D eigenvalue weighted by Crippen LogP contribution is 2.45. The standard InChI is InChI=1S/C6H8I2O2/c7-4-5(8)9-2-1-6(4)3-10-6/h4-5H,1-3H2. The van der Waals surface area contributed by atoms with Gasteiger partial charge in [0.1, 0.15) is 9.71 Å². The molecule has 4 heteroatoms. The fraction of sp³-hybridized carbons (Fsp3) is 1.00. The van der Waals surface area contributed by atoms with Crippen molar-refractivity contribution in [2.45, 2.75) is 20.1 Å². The van der Waals surface area contributed by atoms with Crippen molar-refractivity contribution in [2.75, 3.05) is 13.2 Å². The van der Waals surface area contributed by atoms with Crippen LogP contribution >= 0.6 is 45.2 Å². The number of halogens is 2. The fourth-order valence-corrected chi connectivity index (χ4v) is 2.99. The maximum absolute atomic E-state index is 5.46. The highest BCUT2D eigenvalue weighted by Gasteiger charge is 2.55. The van der Waals surface area contributed by atoms with Crippen LogP contribution in [0.25, 0.3) is 0 Å². The average molecular weight is 366 g/mol. The summed E-state index contributed by atoms with van der Waals surface area (Å²) >= 11 is 4.77. The van der Waals surface area contributed by atoms with Gasteiger partial charge in [-0.3, -0.25) is 0 Å². The molecule has 0 aromatic carbocycles. The molecule has 58 valence electrons. The summed E-state index contributed by atoms with van der Waals surface area (Å²) in [6.07, 6.45) is 1.08. The van der Waals surface area contributed by atoms with E-state index in [9.17, 15) is 0 Å². The summed E-state index contributed by atoms with van der Waals surface area (Å²) in [7, 11) is 0. The quantitative estimate of drug-likeness (QED) is 0.370. The third-order valence-electron chi connectivity index (χ3n) is 2.05. The third-order valence-corrected chi connectivity index (χ3v) is 6.29. The minimum Gasteiger partial charge on any atom is -0.368 e. The van der Waals surface area contributed by atoms with Crippen LogP contribution in [-0.4, -0.2) is 26.9 Å². The third kappa shape index (κ3) is 1.21. The molecular weight excluding hydrogens is 358 g/mol. The molecule has 2 aliphatic heterocycles. The van der Waals surface area contributed by atoms with Crippen LogP contribution in [0, 0.1) is 0 Å². The van der Waals surface area contributed by atoms with Gasteiger partial charge in [0.05, 0.1) is 17.1 Å². The first kappa shape index (κ1) is 8.00. The highest BCUT2D eigenvalue weighted by atomic mass is 127. The monoisotopic (exact) mass is 366 g/mol. The number of ether oxygens (including phenoxy) is 2. The lowest BCUT2D eigenvalue weighted by atomic mass is 10.0. The summed E-state index contributed by atoms with van der Waals surface area (Å²) in [4.78, 5) is 0. The Morgan fingerprint density at radius 2 is 2.10 bits per heavy atom. The van der Waals surface area contributed by atoms with Crippen LogP contribution in [-0.2, 0) is 9.47 Å². The van der Waals surface area contributed by atoms with Gasteiger partial charge in [0.2, 0.25) is 0 Å². The largest absolute Gasteiger partial charge is 0.368 e. The summed E-state index contributed by atoms with van der Waals surface area (Å²) in [6.45, 7) is 1.82. The van der Waals surface area contributed by atoms with E-state index in [1.165, 1.54) is 0 Å². The van der Waals surface area contributed by atoms with Gasteiger partial charge in [-0.05, 0) is 22.6 Å². The van der Waals surface area contributed by atoms with Gasteiger partial charge in [-0.15, -0.1) is 0 Å². The molecule has 2 heterocycles. The Hall–Kier alpha value is 1.38. The molecule has 10 heavy (non-hydrogen) atoms. The van der Waals surface area contributed by atoms with E-state index in [0.717, 1.165) is 19.6 Å². The minimum atomic E-state index is 0.213. The van der Waals surface area contributed by atoms with E-state index in [1.54, 1.807) is 0 Å². The zero-order chi connectivity index (χ0) is 7.19. The van der Waals surface area contributed by atoms with Gasteiger partial charge in [0.25, 0.3) is 0 Å². The van der Waals surface area contributed by atoms with Crippen LogP contribution < -0.4 is 0 Å². The zero-order valence-electron chi connectivity index (χ0n) is 5.35. The van der Waals surface area contributed by atoms with Crippen molar-refractivity contribution >= 4 is 45.2 Å². The molecule has 0 saturated carbocycles. The second-order valence-electron chi connectivity index (χ2n) is 2.73. The maximum atomic E-state index is 5.46. The molecule has 0 amide bonds. The van der Waals surface area contributed by atoms with Crippen LogP contribution in [0.2, 0.25) is 0 Å². The molecule has 2 aliphatic rings. The van der Waals surface area contributed by atoms with Crippen molar-refractivity contribution in [3.8, 4) is 0 Å². The lowest BCUT2D eigenvalue weighted by Crippen LogP contribution is -2.39. The summed E-state index contributed by atoms with van der Waals surface area (Å²) < 4.78 is 11.8. The van der Waals surface area contributed by atoms with Gasteiger partial charge in [0.15, 0.2) is 0 Å². The number of alkyl halides is 2. The van der Waals surface area contributed by atoms with E-state index in [-0.39, 0.29) is 5.60 Å². The summed E-state index contributed by atoms with van der Waals surface area (Å²) in [5.41, 5.74) is 0.213.